The molecule has 0 spiro atoms. The molecule has 0 radical (unpaired) electrons. The minimum atomic E-state index is 0.407. The summed E-state index contributed by atoms with van der Waals surface area (Å²) in [5.74, 6) is 3.08. The van der Waals surface area contributed by atoms with Gasteiger partial charge in [0.25, 0.3) is 0 Å². The fraction of sp³-hybridized carbons (Fsp3) is 0.733. The zero-order valence-corrected chi connectivity index (χ0v) is 12.5. The average Bonchev–Trinajstić information content (AvgIpc) is 2.40. The Hall–Kier alpha value is -1.32. The van der Waals surface area contributed by atoms with Crippen LogP contribution < -0.4 is 10.6 Å². The first-order valence-corrected chi connectivity index (χ1v) is 7.42. The summed E-state index contributed by atoms with van der Waals surface area (Å²) in [4.78, 5) is 8.80. The van der Waals surface area contributed by atoms with Crippen molar-refractivity contribution in [3.8, 4) is 0 Å². The molecule has 1 aromatic rings. The summed E-state index contributed by atoms with van der Waals surface area (Å²) in [5.41, 5.74) is 1.20. The predicted octanol–water partition coefficient (Wildman–Crippen LogP) is 3.63. The molecule has 2 unspecified atom stereocenters. The van der Waals surface area contributed by atoms with Gasteiger partial charge in [-0.1, -0.05) is 33.6 Å². The molecular weight excluding hydrogens is 236 g/mol. The maximum absolute atomic E-state index is 4.47. The number of anilines is 2. The van der Waals surface area contributed by atoms with Gasteiger partial charge in [-0.05, 0) is 24.7 Å². The predicted molar refractivity (Wildman–Crippen MR) is 80.7 cm³/mol. The van der Waals surface area contributed by atoms with Crippen molar-refractivity contribution in [3.05, 3.63) is 11.9 Å². The maximum atomic E-state index is 4.47. The molecule has 0 aliphatic heterocycles. The first kappa shape index (κ1) is 14.1. The minimum absolute atomic E-state index is 0.407. The SMILES string of the molecule is CNc1ncnc(NC2CCCCC2C)c1C(C)C. The van der Waals surface area contributed by atoms with Gasteiger partial charge in [-0.15, -0.1) is 0 Å². The van der Waals surface area contributed by atoms with E-state index in [1.54, 1.807) is 6.33 Å². The lowest BCUT2D eigenvalue weighted by molar-refractivity contribution is 0.348. The Kier molecular flexibility index (Phi) is 4.61. The molecule has 19 heavy (non-hydrogen) atoms. The zero-order valence-electron chi connectivity index (χ0n) is 12.5. The molecule has 1 fully saturated rings. The van der Waals surface area contributed by atoms with Gasteiger partial charge in [0.2, 0.25) is 0 Å². The second-order valence-corrected chi connectivity index (χ2v) is 5.90. The molecule has 0 amide bonds. The van der Waals surface area contributed by atoms with Crippen molar-refractivity contribution in [1.82, 2.24) is 9.97 Å². The molecule has 0 aromatic carbocycles. The van der Waals surface area contributed by atoms with Gasteiger partial charge in [0, 0.05) is 18.7 Å². The number of nitrogens with one attached hydrogen (secondary N) is 2. The molecule has 1 aromatic heterocycles. The first-order valence-electron chi connectivity index (χ1n) is 7.42. The Labute approximate surface area is 116 Å². The van der Waals surface area contributed by atoms with Crippen LogP contribution >= 0.6 is 0 Å². The van der Waals surface area contributed by atoms with E-state index in [0.717, 1.165) is 17.6 Å². The summed E-state index contributed by atoms with van der Waals surface area (Å²) in [6, 6.07) is 0.547. The number of nitrogens with zero attached hydrogens (tertiary/aromatic N) is 2. The highest BCUT2D eigenvalue weighted by Gasteiger charge is 2.23. The van der Waals surface area contributed by atoms with Crippen LogP contribution in [0.5, 0.6) is 0 Å². The average molecular weight is 262 g/mol. The Bertz CT molecular complexity index is 417. The number of hydrogen-bond acceptors (Lipinski definition) is 4. The minimum Gasteiger partial charge on any atom is -0.373 e. The molecule has 4 nitrogen and oxygen atoms in total. The first-order chi connectivity index (χ1) is 9.13. The van der Waals surface area contributed by atoms with Crippen molar-refractivity contribution in [1.29, 1.82) is 0 Å². The molecule has 0 saturated heterocycles. The highest BCUT2D eigenvalue weighted by molar-refractivity contribution is 5.59. The largest absolute Gasteiger partial charge is 0.373 e. The van der Waals surface area contributed by atoms with E-state index in [4.69, 9.17) is 0 Å². The molecule has 1 heterocycles. The van der Waals surface area contributed by atoms with Gasteiger partial charge in [-0.2, -0.15) is 0 Å². The molecule has 1 saturated carbocycles. The second-order valence-electron chi connectivity index (χ2n) is 5.90. The van der Waals surface area contributed by atoms with E-state index in [2.05, 4.69) is 41.4 Å². The third-order valence-corrected chi connectivity index (χ3v) is 4.13. The van der Waals surface area contributed by atoms with Crippen LogP contribution in [0.1, 0.15) is 57.9 Å². The maximum Gasteiger partial charge on any atom is 0.135 e. The topological polar surface area (TPSA) is 49.8 Å². The van der Waals surface area contributed by atoms with Gasteiger partial charge >= 0.3 is 0 Å². The van der Waals surface area contributed by atoms with Crippen LogP contribution in [0.4, 0.5) is 11.6 Å². The van der Waals surface area contributed by atoms with E-state index >= 15 is 0 Å². The Morgan fingerprint density at radius 3 is 2.47 bits per heavy atom. The number of rotatable bonds is 4. The lowest BCUT2D eigenvalue weighted by Crippen LogP contribution is -2.31. The van der Waals surface area contributed by atoms with Crippen molar-refractivity contribution in [2.24, 2.45) is 5.92 Å². The molecule has 1 aliphatic rings. The molecule has 2 N–H and O–H groups in total. The fourth-order valence-corrected chi connectivity index (χ4v) is 2.96. The highest BCUT2D eigenvalue weighted by atomic mass is 15.1. The van der Waals surface area contributed by atoms with Crippen LogP contribution in [0.25, 0.3) is 0 Å². The Balaban J connectivity index is 2.23. The molecule has 1 aliphatic carbocycles. The van der Waals surface area contributed by atoms with Gasteiger partial charge in [0.15, 0.2) is 0 Å². The normalized spacial score (nSPS) is 23.4. The van der Waals surface area contributed by atoms with E-state index in [9.17, 15) is 0 Å². The van der Waals surface area contributed by atoms with Crippen LogP contribution in [0.2, 0.25) is 0 Å². The van der Waals surface area contributed by atoms with Crippen molar-refractivity contribution in [2.45, 2.75) is 58.4 Å². The Morgan fingerprint density at radius 2 is 1.84 bits per heavy atom. The fourth-order valence-electron chi connectivity index (χ4n) is 2.96. The summed E-state index contributed by atoms with van der Waals surface area (Å²) < 4.78 is 0. The van der Waals surface area contributed by atoms with E-state index in [1.807, 2.05) is 7.05 Å². The van der Waals surface area contributed by atoms with Crippen molar-refractivity contribution in [2.75, 3.05) is 17.7 Å². The highest BCUT2D eigenvalue weighted by Crippen LogP contribution is 2.32. The standard InChI is InChI=1S/C15H26N4/c1-10(2)13-14(16-4)17-9-18-15(13)19-12-8-6-5-7-11(12)3/h9-12H,5-8H2,1-4H3,(H2,16,17,18,19). The number of aromatic nitrogens is 2. The van der Waals surface area contributed by atoms with Gasteiger partial charge in [-0.25, -0.2) is 9.97 Å². The van der Waals surface area contributed by atoms with Crippen molar-refractivity contribution >= 4 is 11.6 Å². The summed E-state index contributed by atoms with van der Waals surface area (Å²) in [6.45, 7) is 6.72. The Morgan fingerprint density at radius 1 is 1.16 bits per heavy atom. The molecule has 2 rings (SSSR count). The number of hydrogen-bond donors (Lipinski definition) is 2. The van der Waals surface area contributed by atoms with Crippen LogP contribution in [-0.2, 0) is 0 Å². The monoisotopic (exact) mass is 262 g/mol. The van der Waals surface area contributed by atoms with Crippen molar-refractivity contribution < 1.29 is 0 Å². The van der Waals surface area contributed by atoms with Crippen LogP contribution in [0.15, 0.2) is 6.33 Å². The lowest BCUT2D eigenvalue weighted by Gasteiger charge is -2.31. The van der Waals surface area contributed by atoms with E-state index in [-0.39, 0.29) is 0 Å². The van der Waals surface area contributed by atoms with E-state index < -0.39 is 0 Å². The smallest absolute Gasteiger partial charge is 0.135 e. The van der Waals surface area contributed by atoms with Gasteiger partial charge < -0.3 is 10.6 Å². The summed E-state index contributed by atoms with van der Waals surface area (Å²) >= 11 is 0. The van der Waals surface area contributed by atoms with Crippen LogP contribution in [-0.4, -0.2) is 23.1 Å². The lowest BCUT2D eigenvalue weighted by atomic mass is 9.86. The summed E-state index contributed by atoms with van der Waals surface area (Å²) in [5, 5.41) is 6.84. The van der Waals surface area contributed by atoms with Gasteiger partial charge in [-0.3, -0.25) is 0 Å². The van der Waals surface area contributed by atoms with Crippen molar-refractivity contribution in [3.63, 3.8) is 0 Å². The van der Waals surface area contributed by atoms with E-state index in [0.29, 0.717) is 12.0 Å². The third-order valence-electron chi connectivity index (χ3n) is 4.13. The zero-order chi connectivity index (χ0) is 13.8. The molecule has 4 heteroatoms. The second kappa shape index (κ2) is 6.22. The van der Waals surface area contributed by atoms with Gasteiger partial charge in [0.05, 0.1) is 0 Å². The van der Waals surface area contributed by atoms with Crippen LogP contribution in [0, 0.1) is 5.92 Å². The van der Waals surface area contributed by atoms with Crippen LogP contribution in [0.3, 0.4) is 0 Å². The molecule has 106 valence electrons. The quantitative estimate of drug-likeness (QED) is 0.870. The van der Waals surface area contributed by atoms with Gasteiger partial charge in [0.1, 0.15) is 18.0 Å². The molecule has 2 atom stereocenters. The summed E-state index contributed by atoms with van der Waals surface area (Å²) in [6.07, 6.45) is 6.90. The van der Waals surface area contributed by atoms with E-state index in [1.165, 1.54) is 31.2 Å². The molecular formula is C15H26N4. The molecule has 0 bridgehead atoms. The third kappa shape index (κ3) is 3.17. The summed E-state index contributed by atoms with van der Waals surface area (Å²) in [7, 11) is 1.92.